The molecule has 5 rings (SSSR count). The van der Waals surface area contributed by atoms with Crippen LogP contribution in [0.25, 0.3) is 10.9 Å². The van der Waals surface area contributed by atoms with E-state index in [1.807, 2.05) is 12.1 Å². The third-order valence-corrected chi connectivity index (χ3v) is 6.74. The summed E-state index contributed by atoms with van der Waals surface area (Å²) in [4.78, 5) is 12.2. The van der Waals surface area contributed by atoms with Crippen molar-refractivity contribution < 1.29 is 1.37 Å². The molecule has 0 amide bonds. The third kappa shape index (κ3) is 3.04. The minimum atomic E-state index is 0.207. The molecule has 3 aliphatic heterocycles. The van der Waals surface area contributed by atoms with E-state index in [0.29, 0.717) is 29.2 Å². The predicted molar refractivity (Wildman–Crippen MR) is 111 cm³/mol. The number of hydrogen-bond acceptors (Lipinski definition) is 6. The minimum Gasteiger partial charge on any atom is -0.368 e. The Bertz CT molecular complexity index is 950. The van der Waals surface area contributed by atoms with Crippen molar-refractivity contribution in [2.45, 2.75) is 31.5 Å². The van der Waals surface area contributed by atoms with Gasteiger partial charge >= 0.3 is 0 Å². The van der Waals surface area contributed by atoms with Gasteiger partial charge in [0.25, 0.3) is 0 Å². The molecule has 4 heterocycles. The normalized spacial score (nSPS) is 29.5. The summed E-state index contributed by atoms with van der Waals surface area (Å²) in [5.74, 6) is 0. The number of nitrogens with one attached hydrogen (secondary N) is 1. The molecule has 0 aliphatic carbocycles. The quantitative estimate of drug-likeness (QED) is 0.859. The van der Waals surface area contributed by atoms with Crippen molar-refractivity contribution in [3.63, 3.8) is 0 Å². The predicted octanol–water partition coefficient (Wildman–Crippen LogP) is 1.66. The Balaban J connectivity index is 1.42. The summed E-state index contributed by atoms with van der Waals surface area (Å²) in [6.45, 7) is 10.0. The smallest absolute Gasteiger partial charge is 0.101 e. The summed E-state index contributed by atoms with van der Waals surface area (Å²) in [5, 5.41) is 13.9. The molecule has 3 aliphatic rings. The van der Waals surface area contributed by atoms with E-state index < -0.39 is 0 Å². The summed E-state index contributed by atoms with van der Waals surface area (Å²) >= 11 is 0. The first-order valence-electron chi connectivity index (χ1n) is 10.9. The van der Waals surface area contributed by atoms with E-state index in [2.05, 4.69) is 44.1 Å². The Morgan fingerprint density at radius 1 is 1.18 bits per heavy atom. The van der Waals surface area contributed by atoms with Gasteiger partial charge in [0.1, 0.15) is 6.07 Å². The molecule has 6 heteroatoms. The van der Waals surface area contributed by atoms with Crippen molar-refractivity contribution in [3.8, 4) is 6.07 Å². The van der Waals surface area contributed by atoms with E-state index in [0.717, 1.165) is 50.3 Å². The van der Waals surface area contributed by atoms with Gasteiger partial charge in [-0.1, -0.05) is 0 Å². The van der Waals surface area contributed by atoms with Gasteiger partial charge in [-0.15, -0.1) is 0 Å². The number of piperazine rings is 2. The molecule has 0 spiro atoms. The number of nitriles is 1. The van der Waals surface area contributed by atoms with E-state index >= 15 is 0 Å². The lowest BCUT2D eigenvalue weighted by Gasteiger charge is -2.43. The first kappa shape index (κ1) is 16.7. The zero-order valence-corrected chi connectivity index (χ0v) is 16.4. The van der Waals surface area contributed by atoms with E-state index in [1.54, 1.807) is 6.07 Å². The van der Waals surface area contributed by atoms with Gasteiger partial charge in [0, 0.05) is 81.2 Å². The average molecular weight is 378 g/mol. The number of aromatic nitrogens is 1. The van der Waals surface area contributed by atoms with Crippen molar-refractivity contribution >= 4 is 16.6 Å². The molecule has 1 N–H and O–H groups in total. The number of anilines is 1. The number of nitrogens with zero attached hydrogens (tertiary/aromatic N) is 5. The maximum atomic E-state index is 9.47. The molecule has 0 unspecified atom stereocenters. The second-order valence-electron chi connectivity index (χ2n) is 8.36. The van der Waals surface area contributed by atoms with Crippen LogP contribution in [0.2, 0.25) is 0 Å². The van der Waals surface area contributed by atoms with Gasteiger partial charge in [0.2, 0.25) is 0 Å². The highest BCUT2D eigenvalue weighted by Gasteiger charge is 2.42. The number of fused-ring (bicyclic) bond motifs is 2. The molecular formula is C22H28N6. The van der Waals surface area contributed by atoms with Gasteiger partial charge in [0.05, 0.1) is 12.5 Å². The van der Waals surface area contributed by atoms with Crippen LogP contribution < -0.4 is 10.2 Å². The second-order valence-corrected chi connectivity index (χ2v) is 8.36. The summed E-state index contributed by atoms with van der Waals surface area (Å²) < 4.78 is 7.86. The highest BCUT2D eigenvalue weighted by atomic mass is 15.4. The minimum absolute atomic E-state index is 0.207. The van der Waals surface area contributed by atoms with Crippen LogP contribution in [0.5, 0.6) is 0 Å². The van der Waals surface area contributed by atoms with Crippen LogP contribution in [0.1, 0.15) is 20.3 Å². The number of rotatable bonds is 2. The van der Waals surface area contributed by atoms with Crippen molar-refractivity contribution in [3.05, 3.63) is 36.0 Å². The largest absolute Gasteiger partial charge is 0.368 e. The van der Waals surface area contributed by atoms with Crippen LogP contribution in [-0.2, 0) is 0 Å². The third-order valence-electron chi connectivity index (χ3n) is 6.74. The van der Waals surface area contributed by atoms with Crippen LogP contribution in [0, 0.1) is 11.3 Å². The van der Waals surface area contributed by atoms with Gasteiger partial charge in [-0.05, 0) is 37.6 Å². The Hall–Kier alpha value is -2.20. The number of pyridine rings is 1. The zero-order valence-electron chi connectivity index (χ0n) is 17.4. The lowest BCUT2D eigenvalue weighted by Crippen LogP contribution is -2.55. The monoisotopic (exact) mass is 377 g/mol. The molecule has 0 bridgehead atoms. The van der Waals surface area contributed by atoms with E-state index in [4.69, 9.17) is 1.37 Å². The Kier molecular flexibility index (Phi) is 4.37. The van der Waals surface area contributed by atoms with Crippen molar-refractivity contribution in [1.82, 2.24) is 20.1 Å². The molecule has 6 nitrogen and oxygen atoms in total. The van der Waals surface area contributed by atoms with Gasteiger partial charge < -0.3 is 10.2 Å². The van der Waals surface area contributed by atoms with Gasteiger partial charge in [-0.25, -0.2) is 0 Å². The van der Waals surface area contributed by atoms with Crippen LogP contribution in [0.4, 0.5) is 5.69 Å². The van der Waals surface area contributed by atoms with E-state index in [-0.39, 0.29) is 6.17 Å². The van der Waals surface area contributed by atoms with Crippen LogP contribution in [0.15, 0.2) is 30.4 Å². The van der Waals surface area contributed by atoms with Crippen LogP contribution in [-0.4, -0.2) is 78.7 Å². The van der Waals surface area contributed by atoms with Crippen molar-refractivity contribution in [2.75, 3.05) is 50.7 Å². The Labute approximate surface area is 168 Å². The Morgan fingerprint density at radius 2 is 2.04 bits per heavy atom. The number of hydrogen-bond donors (Lipinski definition) is 1. The Morgan fingerprint density at radius 3 is 2.86 bits per heavy atom. The SMILES string of the molecule is [2H]c1ccc2c(N3C[C@@H]4C[C@H](N5CCNCC5)CN4[C@H](C)C3)ccc(C#N)c2n1. The molecule has 1 aromatic carbocycles. The standard InChI is InChI=1S/C22H28N6/c1-16-13-27(21-5-4-17(12-23)22-20(21)3-2-6-25-22)14-19-11-18(15-28(16)19)26-9-7-24-8-10-26/h2-6,16,18-19,24H,7-11,13-15H2,1H3/t16-,18+,19+/m1/s1/i6D. The maximum absolute atomic E-state index is 9.47. The summed E-state index contributed by atoms with van der Waals surface area (Å²) in [6.07, 6.45) is 1.43. The van der Waals surface area contributed by atoms with Gasteiger partial charge in [0.15, 0.2) is 0 Å². The molecule has 146 valence electrons. The molecule has 3 saturated heterocycles. The average Bonchev–Trinajstić information content (AvgIpc) is 3.18. The van der Waals surface area contributed by atoms with Crippen LogP contribution >= 0.6 is 0 Å². The lowest BCUT2D eigenvalue weighted by atomic mass is 10.0. The maximum Gasteiger partial charge on any atom is 0.101 e. The van der Waals surface area contributed by atoms with Crippen molar-refractivity contribution in [2.24, 2.45) is 0 Å². The number of benzene rings is 1. The van der Waals surface area contributed by atoms with Gasteiger partial charge in [-0.2, -0.15) is 5.26 Å². The summed E-state index contributed by atoms with van der Waals surface area (Å²) in [5.41, 5.74) is 2.34. The van der Waals surface area contributed by atoms with E-state index in [1.165, 1.54) is 13.0 Å². The molecule has 0 saturated carbocycles. The first-order valence-corrected chi connectivity index (χ1v) is 10.4. The molecule has 28 heavy (non-hydrogen) atoms. The van der Waals surface area contributed by atoms with Crippen LogP contribution in [0.3, 0.4) is 0 Å². The van der Waals surface area contributed by atoms with Gasteiger partial charge in [-0.3, -0.25) is 14.8 Å². The summed E-state index contributed by atoms with van der Waals surface area (Å²) in [6, 6.07) is 11.6. The fraction of sp³-hybridized carbons (Fsp3) is 0.545. The van der Waals surface area contributed by atoms with Crippen molar-refractivity contribution in [1.29, 1.82) is 5.26 Å². The van der Waals surface area contributed by atoms with E-state index in [9.17, 15) is 5.26 Å². The topological polar surface area (TPSA) is 58.4 Å². The zero-order chi connectivity index (χ0) is 20.0. The highest BCUT2D eigenvalue weighted by molar-refractivity contribution is 5.95. The lowest BCUT2D eigenvalue weighted by molar-refractivity contribution is 0.145. The fourth-order valence-corrected chi connectivity index (χ4v) is 5.37. The molecule has 3 fully saturated rings. The molecular weight excluding hydrogens is 348 g/mol. The highest BCUT2D eigenvalue weighted by Crippen LogP contribution is 2.34. The molecule has 2 aromatic rings. The molecule has 1 aromatic heterocycles. The second kappa shape index (κ2) is 7.32. The first-order chi connectivity index (χ1) is 14.1. The molecule has 3 atom stereocenters. The fourth-order valence-electron chi connectivity index (χ4n) is 5.37. The molecule has 0 radical (unpaired) electrons. The summed E-state index contributed by atoms with van der Waals surface area (Å²) in [7, 11) is 0.